The first-order chi connectivity index (χ1) is 14.1. The molecule has 0 saturated carbocycles. The second kappa shape index (κ2) is 10.2. The number of nitriles is 1. The van der Waals surface area contributed by atoms with Crippen LogP contribution in [0.2, 0.25) is 0 Å². The molecule has 0 radical (unpaired) electrons. The number of nitrogens with one attached hydrogen (secondary N) is 1. The lowest BCUT2D eigenvalue weighted by molar-refractivity contribution is 0.891. The molecular formula is C21H22N8. The van der Waals surface area contributed by atoms with Crippen LogP contribution < -0.4 is 11.1 Å². The molecule has 0 fully saturated rings. The normalized spacial score (nSPS) is 11.5. The molecule has 0 bridgehead atoms. The molecule has 0 unspecified atom stereocenters. The molecule has 0 atom stereocenters. The van der Waals surface area contributed by atoms with Gasteiger partial charge in [-0.25, -0.2) is 19.9 Å². The topological polar surface area (TPSA) is 118 Å². The first kappa shape index (κ1) is 21.1. The Kier molecular flexibility index (Phi) is 7.39. The molecule has 0 aliphatic carbocycles. The number of hydrogen-bond acceptors (Lipinski definition) is 7. The lowest BCUT2D eigenvalue weighted by atomic mass is 10.3. The van der Waals surface area contributed by atoms with Gasteiger partial charge >= 0.3 is 0 Å². The van der Waals surface area contributed by atoms with Gasteiger partial charge in [0, 0.05) is 6.21 Å². The second-order valence-electron chi connectivity index (χ2n) is 5.65. The number of nitrogens with two attached hydrogens (primary N) is 1. The van der Waals surface area contributed by atoms with Crippen molar-refractivity contribution < 1.29 is 0 Å². The summed E-state index contributed by atoms with van der Waals surface area (Å²) in [6.45, 7) is 13.3. The third kappa shape index (κ3) is 4.93. The molecule has 2 heterocycles. The number of aliphatic imine (C=N–C) groups is 1. The van der Waals surface area contributed by atoms with E-state index in [1.54, 1.807) is 30.5 Å². The highest BCUT2D eigenvalue weighted by atomic mass is 15.2. The Balaban J connectivity index is 2.54. The lowest BCUT2D eigenvalue weighted by Gasteiger charge is -2.12. The SMILES string of the molecule is C=C/C=C\c1c(C)nc(CNc2ncnc(N)c2C#N)n1C(=C/C=C)/N=C\C=C. The van der Waals surface area contributed by atoms with E-state index in [1.165, 1.54) is 6.33 Å². The highest BCUT2D eigenvalue weighted by Gasteiger charge is 2.16. The van der Waals surface area contributed by atoms with Gasteiger partial charge in [-0.2, -0.15) is 5.26 Å². The minimum atomic E-state index is 0.113. The van der Waals surface area contributed by atoms with E-state index in [1.807, 2.05) is 29.7 Å². The molecule has 0 amide bonds. The predicted molar refractivity (Wildman–Crippen MR) is 118 cm³/mol. The van der Waals surface area contributed by atoms with Gasteiger partial charge in [0.05, 0.1) is 17.9 Å². The zero-order valence-electron chi connectivity index (χ0n) is 16.2. The molecular weight excluding hydrogens is 364 g/mol. The maximum Gasteiger partial charge on any atom is 0.149 e. The van der Waals surface area contributed by atoms with Crippen LogP contribution in [0, 0.1) is 18.3 Å². The van der Waals surface area contributed by atoms with Crippen molar-refractivity contribution in [1.29, 1.82) is 5.26 Å². The van der Waals surface area contributed by atoms with Gasteiger partial charge in [0.1, 0.15) is 41.2 Å². The molecule has 2 aromatic heterocycles. The Hall–Kier alpha value is -4.25. The number of nitrogens with zero attached hydrogens (tertiary/aromatic N) is 6. The average Bonchev–Trinajstić information content (AvgIpc) is 3.03. The predicted octanol–water partition coefficient (Wildman–Crippen LogP) is 3.49. The molecule has 146 valence electrons. The van der Waals surface area contributed by atoms with E-state index in [0.717, 1.165) is 11.4 Å². The van der Waals surface area contributed by atoms with E-state index in [0.29, 0.717) is 17.5 Å². The Morgan fingerprint density at radius 2 is 2.10 bits per heavy atom. The lowest BCUT2D eigenvalue weighted by Crippen LogP contribution is -2.12. The van der Waals surface area contributed by atoms with Crippen LogP contribution in [0.1, 0.15) is 22.8 Å². The van der Waals surface area contributed by atoms with E-state index in [2.05, 4.69) is 45.0 Å². The maximum absolute atomic E-state index is 9.31. The standard InChI is InChI=1S/C21H22N8/c1-5-8-10-17-15(4)28-19(29(17)18(9-6-2)24-11-7-3)13-25-21-16(12-22)20(23)26-14-27-21/h5-11,14H,1-3,13H2,4H3,(H3,23,25,26,27)/b10-8-,18-9+,24-11-. The number of nitrogen functional groups attached to an aromatic ring is 1. The Bertz CT molecular complexity index is 1050. The van der Waals surface area contributed by atoms with Gasteiger partial charge in [-0.1, -0.05) is 44.0 Å². The van der Waals surface area contributed by atoms with Crippen molar-refractivity contribution in [2.75, 3.05) is 11.1 Å². The van der Waals surface area contributed by atoms with Crippen LogP contribution in [0.3, 0.4) is 0 Å². The van der Waals surface area contributed by atoms with Crippen molar-refractivity contribution in [2.24, 2.45) is 4.99 Å². The quantitative estimate of drug-likeness (QED) is 0.503. The van der Waals surface area contributed by atoms with Crippen LogP contribution in [0.4, 0.5) is 11.6 Å². The van der Waals surface area contributed by atoms with E-state index < -0.39 is 0 Å². The zero-order chi connectivity index (χ0) is 21.2. The summed E-state index contributed by atoms with van der Waals surface area (Å²) in [6.07, 6.45) is 13.3. The molecule has 2 aromatic rings. The summed E-state index contributed by atoms with van der Waals surface area (Å²) in [5, 5.41) is 12.4. The number of hydrogen-bond donors (Lipinski definition) is 2. The molecule has 0 spiro atoms. The summed E-state index contributed by atoms with van der Waals surface area (Å²) in [6, 6.07) is 2.01. The maximum atomic E-state index is 9.31. The van der Waals surface area contributed by atoms with Crippen molar-refractivity contribution >= 4 is 29.7 Å². The van der Waals surface area contributed by atoms with Crippen LogP contribution in [-0.2, 0) is 6.54 Å². The fourth-order valence-corrected chi connectivity index (χ4v) is 2.55. The molecule has 0 aliphatic heterocycles. The van der Waals surface area contributed by atoms with E-state index in [4.69, 9.17) is 5.73 Å². The van der Waals surface area contributed by atoms with E-state index in [-0.39, 0.29) is 17.9 Å². The first-order valence-corrected chi connectivity index (χ1v) is 8.67. The fraction of sp³-hybridized carbons (Fsp3) is 0.0952. The van der Waals surface area contributed by atoms with Crippen molar-refractivity contribution in [3.63, 3.8) is 0 Å². The van der Waals surface area contributed by atoms with Crippen molar-refractivity contribution in [1.82, 2.24) is 19.5 Å². The van der Waals surface area contributed by atoms with Gasteiger partial charge in [0.2, 0.25) is 0 Å². The van der Waals surface area contributed by atoms with Gasteiger partial charge in [-0.05, 0) is 19.1 Å². The molecule has 8 heteroatoms. The van der Waals surface area contributed by atoms with Gasteiger partial charge in [0.15, 0.2) is 0 Å². The molecule has 0 aromatic carbocycles. The minimum Gasteiger partial charge on any atom is -0.382 e. The Morgan fingerprint density at radius 3 is 2.76 bits per heavy atom. The Morgan fingerprint density at radius 1 is 1.31 bits per heavy atom. The van der Waals surface area contributed by atoms with Gasteiger partial charge in [0.25, 0.3) is 0 Å². The van der Waals surface area contributed by atoms with Crippen molar-refractivity contribution in [3.05, 3.63) is 79.2 Å². The summed E-state index contributed by atoms with van der Waals surface area (Å²) in [4.78, 5) is 17.0. The number of allylic oxidation sites excluding steroid dienone is 5. The number of aryl methyl sites for hydroxylation is 1. The number of imidazole rings is 1. The summed E-state index contributed by atoms with van der Waals surface area (Å²) < 4.78 is 1.88. The smallest absolute Gasteiger partial charge is 0.149 e. The minimum absolute atomic E-state index is 0.113. The average molecular weight is 386 g/mol. The third-order valence-electron chi connectivity index (χ3n) is 3.77. The van der Waals surface area contributed by atoms with E-state index >= 15 is 0 Å². The van der Waals surface area contributed by atoms with Crippen molar-refractivity contribution in [2.45, 2.75) is 13.5 Å². The zero-order valence-corrected chi connectivity index (χ0v) is 16.2. The summed E-state index contributed by atoms with van der Waals surface area (Å²) in [5.74, 6) is 1.70. The van der Waals surface area contributed by atoms with Crippen LogP contribution in [0.25, 0.3) is 11.9 Å². The van der Waals surface area contributed by atoms with Crippen LogP contribution in [0.5, 0.6) is 0 Å². The van der Waals surface area contributed by atoms with Crippen LogP contribution in [0.15, 0.2) is 61.4 Å². The summed E-state index contributed by atoms with van der Waals surface area (Å²) in [5.41, 5.74) is 7.57. The first-order valence-electron chi connectivity index (χ1n) is 8.67. The number of rotatable bonds is 9. The largest absolute Gasteiger partial charge is 0.382 e. The Labute approximate surface area is 169 Å². The highest BCUT2D eigenvalue weighted by molar-refractivity contribution is 5.76. The van der Waals surface area contributed by atoms with Gasteiger partial charge in [-0.15, -0.1) is 0 Å². The number of anilines is 2. The van der Waals surface area contributed by atoms with Crippen LogP contribution in [-0.4, -0.2) is 25.7 Å². The van der Waals surface area contributed by atoms with Crippen molar-refractivity contribution in [3.8, 4) is 6.07 Å². The molecule has 0 saturated heterocycles. The number of aromatic nitrogens is 4. The molecule has 0 aliphatic rings. The highest BCUT2D eigenvalue weighted by Crippen LogP contribution is 2.22. The molecule has 3 N–H and O–H groups in total. The van der Waals surface area contributed by atoms with E-state index in [9.17, 15) is 5.26 Å². The molecule has 2 rings (SSSR count). The summed E-state index contributed by atoms with van der Waals surface area (Å²) in [7, 11) is 0. The van der Waals surface area contributed by atoms with Gasteiger partial charge in [-0.3, -0.25) is 4.57 Å². The summed E-state index contributed by atoms with van der Waals surface area (Å²) >= 11 is 0. The molecule has 8 nitrogen and oxygen atoms in total. The van der Waals surface area contributed by atoms with Gasteiger partial charge < -0.3 is 11.1 Å². The second-order valence-corrected chi connectivity index (χ2v) is 5.65. The monoisotopic (exact) mass is 386 g/mol. The fourth-order valence-electron chi connectivity index (χ4n) is 2.55. The molecule has 29 heavy (non-hydrogen) atoms. The third-order valence-corrected chi connectivity index (χ3v) is 3.77. The van der Waals surface area contributed by atoms with Crippen LogP contribution >= 0.6 is 0 Å².